The second-order valence-corrected chi connectivity index (χ2v) is 5.10. The maximum absolute atomic E-state index is 8.88. The van der Waals surface area contributed by atoms with Gasteiger partial charge < -0.3 is 9.80 Å². The molecule has 90 valence electrons. The number of hydrogen-bond acceptors (Lipinski definition) is 3. The smallest absolute Gasteiger partial charge is 0.0656 e. The first kappa shape index (κ1) is 11.9. The normalized spacial score (nSPS) is 26.8. The summed E-state index contributed by atoms with van der Waals surface area (Å²) in [5.74, 6) is 0.326. The Bertz CT molecular complexity index is 242. The molecular formula is C13H23N3. The number of likely N-dealkylation sites (tertiary alicyclic amines) is 2. The van der Waals surface area contributed by atoms with Crippen LogP contribution in [0, 0.1) is 17.2 Å². The molecule has 0 saturated carbocycles. The van der Waals surface area contributed by atoms with Crippen molar-refractivity contribution in [2.75, 3.05) is 32.7 Å². The number of rotatable bonds is 2. The van der Waals surface area contributed by atoms with Gasteiger partial charge in [-0.05, 0) is 58.4 Å². The van der Waals surface area contributed by atoms with E-state index in [1.54, 1.807) is 0 Å². The van der Waals surface area contributed by atoms with Crippen molar-refractivity contribution < 1.29 is 0 Å². The fourth-order valence-corrected chi connectivity index (χ4v) is 2.99. The molecule has 3 heteroatoms. The lowest BCUT2D eigenvalue weighted by Gasteiger charge is -2.40. The molecule has 16 heavy (non-hydrogen) atoms. The first-order valence-electron chi connectivity index (χ1n) is 6.69. The van der Waals surface area contributed by atoms with Gasteiger partial charge in [-0.25, -0.2) is 0 Å². The Kier molecular flexibility index (Phi) is 4.20. The van der Waals surface area contributed by atoms with Crippen molar-refractivity contribution in [1.82, 2.24) is 9.80 Å². The maximum Gasteiger partial charge on any atom is 0.0656 e. The third kappa shape index (κ3) is 2.75. The van der Waals surface area contributed by atoms with E-state index in [4.69, 9.17) is 5.26 Å². The van der Waals surface area contributed by atoms with Crippen LogP contribution in [-0.2, 0) is 0 Å². The van der Waals surface area contributed by atoms with E-state index in [9.17, 15) is 0 Å². The molecule has 0 aliphatic carbocycles. The Balaban J connectivity index is 1.76. The average Bonchev–Trinajstić information content (AvgIpc) is 2.39. The van der Waals surface area contributed by atoms with E-state index in [2.05, 4.69) is 22.8 Å². The molecule has 0 atom stereocenters. The number of nitrogens with zero attached hydrogens (tertiary/aromatic N) is 3. The Hall–Kier alpha value is -0.590. The number of hydrogen-bond donors (Lipinski definition) is 0. The number of piperidine rings is 2. The van der Waals surface area contributed by atoms with Gasteiger partial charge in [-0.2, -0.15) is 5.26 Å². The zero-order valence-corrected chi connectivity index (χ0v) is 10.4. The third-order valence-electron chi connectivity index (χ3n) is 4.23. The molecule has 0 aromatic carbocycles. The zero-order chi connectivity index (χ0) is 11.4. The molecule has 0 amide bonds. The van der Waals surface area contributed by atoms with Gasteiger partial charge in [-0.1, -0.05) is 6.92 Å². The summed E-state index contributed by atoms with van der Waals surface area (Å²) in [6.07, 6.45) is 4.82. The summed E-state index contributed by atoms with van der Waals surface area (Å²) in [6, 6.07) is 3.20. The van der Waals surface area contributed by atoms with E-state index >= 15 is 0 Å². The van der Waals surface area contributed by atoms with Crippen molar-refractivity contribution >= 4 is 0 Å². The minimum atomic E-state index is 0.326. The molecule has 0 aromatic rings. The monoisotopic (exact) mass is 221 g/mol. The second-order valence-electron chi connectivity index (χ2n) is 5.10. The Morgan fingerprint density at radius 1 is 1.06 bits per heavy atom. The second kappa shape index (κ2) is 5.65. The Morgan fingerprint density at radius 3 is 2.19 bits per heavy atom. The quantitative estimate of drug-likeness (QED) is 0.711. The summed E-state index contributed by atoms with van der Waals surface area (Å²) in [4.78, 5) is 5.17. The maximum atomic E-state index is 8.88. The van der Waals surface area contributed by atoms with Crippen LogP contribution in [0.25, 0.3) is 0 Å². The minimum absolute atomic E-state index is 0.326. The van der Waals surface area contributed by atoms with E-state index in [-0.39, 0.29) is 0 Å². The zero-order valence-electron chi connectivity index (χ0n) is 10.4. The highest BCUT2D eigenvalue weighted by atomic mass is 15.2. The fourth-order valence-electron chi connectivity index (χ4n) is 2.99. The Morgan fingerprint density at radius 2 is 1.69 bits per heavy atom. The van der Waals surface area contributed by atoms with Crippen molar-refractivity contribution in [2.45, 2.75) is 38.6 Å². The van der Waals surface area contributed by atoms with Crippen LogP contribution >= 0.6 is 0 Å². The van der Waals surface area contributed by atoms with Crippen molar-refractivity contribution in [3.63, 3.8) is 0 Å². The molecule has 0 bridgehead atoms. The fraction of sp³-hybridized carbons (Fsp3) is 0.923. The summed E-state index contributed by atoms with van der Waals surface area (Å²) < 4.78 is 0. The van der Waals surface area contributed by atoms with E-state index in [1.807, 2.05) is 0 Å². The average molecular weight is 221 g/mol. The summed E-state index contributed by atoms with van der Waals surface area (Å²) in [5, 5.41) is 8.88. The van der Waals surface area contributed by atoms with Gasteiger partial charge in [0, 0.05) is 12.0 Å². The highest BCUT2D eigenvalue weighted by Gasteiger charge is 2.27. The molecule has 2 rings (SSSR count). The van der Waals surface area contributed by atoms with Gasteiger partial charge in [0.1, 0.15) is 0 Å². The first-order chi connectivity index (χ1) is 7.83. The summed E-state index contributed by atoms with van der Waals surface area (Å²) >= 11 is 0. The van der Waals surface area contributed by atoms with Gasteiger partial charge in [0.05, 0.1) is 6.07 Å². The molecule has 0 radical (unpaired) electrons. The van der Waals surface area contributed by atoms with E-state index < -0.39 is 0 Å². The van der Waals surface area contributed by atoms with E-state index in [0.29, 0.717) is 5.92 Å². The van der Waals surface area contributed by atoms with E-state index in [0.717, 1.165) is 32.0 Å². The molecule has 0 aromatic heterocycles. The molecule has 3 nitrogen and oxygen atoms in total. The van der Waals surface area contributed by atoms with E-state index in [1.165, 1.54) is 32.5 Å². The van der Waals surface area contributed by atoms with Crippen molar-refractivity contribution in [1.29, 1.82) is 5.26 Å². The SMILES string of the molecule is CCN1CCC(N2CCC(C#N)CC2)CC1. The largest absolute Gasteiger partial charge is 0.303 e. The van der Waals surface area contributed by atoms with Crippen LogP contribution in [0.15, 0.2) is 0 Å². The number of nitriles is 1. The molecule has 2 saturated heterocycles. The molecule has 0 spiro atoms. The van der Waals surface area contributed by atoms with Crippen LogP contribution in [0.2, 0.25) is 0 Å². The first-order valence-corrected chi connectivity index (χ1v) is 6.69. The highest BCUT2D eigenvalue weighted by molar-refractivity contribution is 4.90. The lowest BCUT2D eigenvalue weighted by Crippen LogP contribution is -2.47. The van der Waals surface area contributed by atoms with Crippen LogP contribution in [0.1, 0.15) is 32.6 Å². The summed E-state index contributed by atoms with van der Waals surface area (Å²) in [5.41, 5.74) is 0. The van der Waals surface area contributed by atoms with Crippen LogP contribution in [0.3, 0.4) is 0 Å². The van der Waals surface area contributed by atoms with Gasteiger partial charge in [0.25, 0.3) is 0 Å². The molecule has 2 heterocycles. The molecule has 0 N–H and O–H groups in total. The van der Waals surface area contributed by atoms with Gasteiger partial charge in [0.15, 0.2) is 0 Å². The van der Waals surface area contributed by atoms with Crippen LogP contribution in [-0.4, -0.2) is 48.6 Å². The van der Waals surface area contributed by atoms with Gasteiger partial charge >= 0.3 is 0 Å². The topological polar surface area (TPSA) is 30.3 Å². The van der Waals surface area contributed by atoms with Crippen LogP contribution in [0.4, 0.5) is 0 Å². The van der Waals surface area contributed by atoms with Crippen LogP contribution in [0.5, 0.6) is 0 Å². The molecule has 2 fully saturated rings. The molecule has 2 aliphatic rings. The lowest BCUT2D eigenvalue weighted by molar-refractivity contribution is 0.0869. The van der Waals surface area contributed by atoms with Crippen molar-refractivity contribution in [3.05, 3.63) is 0 Å². The molecular weight excluding hydrogens is 198 g/mol. The third-order valence-corrected chi connectivity index (χ3v) is 4.23. The molecule has 2 aliphatic heterocycles. The predicted molar refractivity (Wildman–Crippen MR) is 65.0 cm³/mol. The van der Waals surface area contributed by atoms with Gasteiger partial charge in [0.2, 0.25) is 0 Å². The van der Waals surface area contributed by atoms with Crippen molar-refractivity contribution in [3.8, 4) is 6.07 Å². The van der Waals surface area contributed by atoms with Gasteiger partial charge in [-0.3, -0.25) is 0 Å². The predicted octanol–water partition coefficient (Wildman–Crippen LogP) is 1.71. The lowest BCUT2D eigenvalue weighted by atomic mass is 9.94. The highest BCUT2D eigenvalue weighted by Crippen LogP contribution is 2.23. The molecule has 0 unspecified atom stereocenters. The Labute approximate surface area is 99.0 Å². The van der Waals surface area contributed by atoms with Crippen molar-refractivity contribution in [2.24, 2.45) is 5.92 Å². The van der Waals surface area contributed by atoms with Crippen LogP contribution < -0.4 is 0 Å². The van der Waals surface area contributed by atoms with Gasteiger partial charge in [-0.15, -0.1) is 0 Å². The summed E-state index contributed by atoms with van der Waals surface area (Å²) in [7, 11) is 0. The summed E-state index contributed by atoms with van der Waals surface area (Å²) in [6.45, 7) is 8.27. The standard InChI is InChI=1S/C13H23N3/c1-2-15-7-5-13(6-8-15)16-9-3-12(11-14)4-10-16/h12-13H,2-10H2,1H3. The minimum Gasteiger partial charge on any atom is -0.303 e.